The molecule has 0 aromatic heterocycles. The maximum absolute atomic E-state index is 10.7. The highest BCUT2D eigenvalue weighted by Gasteiger charge is 2.17. The first-order chi connectivity index (χ1) is 8.08. The van der Waals surface area contributed by atoms with Gasteiger partial charge in [0, 0.05) is 0 Å². The van der Waals surface area contributed by atoms with Crippen LogP contribution in [0.1, 0.15) is 59.3 Å². The second-order valence-electron chi connectivity index (χ2n) is 5.65. The van der Waals surface area contributed by atoms with Crippen molar-refractivity contribution in [1.29, 1.82) is 0 Å². The van der Waals surface area contributed by atoms with Gasteiger partial charge in [0.1, 0.15) is 0 Å². The molecule has 1 heteroatoms. The third-order valence-electron chi connectivity index (χ3n) is 3.79. The molecule has 0 unspecified atom stereocenters. The molecule has 0 bridgehead atoms. The van der Waals surface area contributed by atoms with Crippen molar-refractivity contribution >= 4 is 5.78 Å². The molecule has 17 heavy (non-hydrogen) atoms. The van der Waals surface area contributed by atoms with E-state index >= 15 is 0 Å². The molecule has 1 aliphatic rings. The monoisotopic (exact) mass is 234 g/mol. The highest BCUT2D eigenvalue weighted by atomic mass is 16.1. The van der Waals surface area contributed by atoms with E-state index < -0.39 is 0 Å². The van der Waals surface area contributed by atoms with Crippen molar-refractivity contribution in [3.05, 3.63) is 23.8 Å². The molecular weight excluding hydrogens is 208 g/mol. The summed E-state index contributed by atoms with van der Waals surface area (Å²) in [6.07, 6.45) is 13.7. The summed E-state index contributed by atoms with van der Waals surface area (Å²) in [5, 5.41) is 0. The summed E-state index contributed by atoms with van der Waals surface area (Å²) < 4.78 is 0. The Labute approximate surface area is 106 Å². The van der Waals surface area contributed by atoms with Gasteiger partial charge in [-0.1, -0.05) is 50.3 Å². The standard InChI is InChI=1S/C16H26O/c1-13(5-4-6-15(3)17)7-10-16-11-8-14(2)9-12-16/h4-6,14,16H,7-12H2,1-3H3. The van der Waals surface area contributed by atoms with Crippen LogP contribution in [0.25, 0.3) is 0 Å². The number of allylic oxidation sites excluding steroid dienone is 4. The third kappa shape index (κ3) is 6.45. The quantitative estimate of drug-likeness (QED) is 0.498. The molecule has 0 saturated heterocycles. The lowest BCUT2D eigenvalue weighted by Crippen LogP contribution is -2.12. The first-order valence-corrected chi connectivity index (χ1v) is 6.92. The summed E-state index contributed by atoms with van der Waals surface area (Å²) in [5.74, 6) is 2.00. The first kappa shape index (κ1) is 14.2. The van der Waals surface area contributed by atoms with E-state index in [2.05, 4.69) is 19.9 Å². The van der Waals surface area contributed by atoms with Gasteiger partial charge in [-0.15, -0.1) is 0 Å². The zero-order valence-electron chi connectivity index (χ0n) is 11.5. The number of carbonyl (C=O) groups excluding carboxylic acids is 1. The summed E-state index contributed by atoms with van der Waals surface area (Å²) in [7, 11) is 0. The summed E-state index contributed by atoms with van der Waals surface area (Å²) in [5.41, 5.74) is 1.39. The van der Waals surface area contributed by atoms with Crippen LogP contribution < -0.4 is 0 Å². The molecule has 1 saturated carbocycles. The maximum Gasteiger partial charge on any atom is 0.152 e. The minimum atomic E-state index is 0.121. The predicted molar refractivity (Wildman–Crippen MR) is 73.9 cm³/mol. The van der Waals surface area contributed by atoms with Crippen LogP contribution in [-0.2, 0) is 4.79 Å². The molecule has 96 valence electrons. The highest BCUT2D eigenvalue weighted by Crippen LogP contribution is 2.31. The van der Waals surface area contributed by atoms with Gasteiger partial charge >= 0.3 is 0 Å². The molecule has 0 N–H and O–H groups in total. The van der Waals surface area contributed by atoms with Crippen molar-refractivity contribution in [2.45, 2.75) is 59.3 Å². The Morgan fingerprint density at radius 1 is 1.18 bits per heavy atom. The zero-order chi connectivity index (χ0) is 12.7. The fourth-order valence-electron chi connectivity index (χ4n) is 2.48. The predicted octanol–water partition coefficient (Wildman–Crippen LogP) is 4.68. The molecule has 0 aromatic rings. The Hall–Kier alpha value is -0.850. The van der Waals surface area contributed by atoms with Gasteiger partial charge in [0.05, 0.1) is 0 Å². The molecule has 1 nitrogen and oxygen atoms in total. The van der Waals surface area contributed by atoms with Crippen LogP contribution in [0.4, 0.5) is 0 Å². The average molecular weight is 234 g/mol. The normalized spacial score (nSPS) is 26.4. The molecule has 0 spiro atoms. The van der Waals surface area contributed by atoms with Gasteiger partial charge in [-0.25, -0.2) is 0 Å². The van der Waals surface area contributed by atoms with E-state index in [4.69, 9.17) is 0 Å². The summed E-state index contributed by atoms with van der Waals surface area (Å²) in [6.45, 7) is 6.12. The van der Waals surface area contributed by atoms with Crippen LogP contribution >= 0.6 is 0 Å². The second kappa shape index (κ2) is 7.47. The topological polar surface area (TPSA) is 17.1 Å². The SMILES string of the molecule is CC(=O)C=CC=C(C)CCC1CCC(C)CC1. The van der Waals surface area contributed by atoms with Crippen LogP contribution in [0, 0.1) is 11.8 Å². The van der Waals surface area contributed by atoms with E-state index in [0.717, 1.165) is 11.8 Å². The molecule has 0 heterocycles. The molecule has 0 atom stereocenters. The summed E-state index contributed by atoms with van der Waals surface area (Å²) in [4.78, 5) is 10.7. The van der Waals surface area contributed by atoms with E-state index in [-0.39, 0.29) is 5.78 Å². The lowest BCUT2D eigenvalue weighted by atomic mass is 9.80. The highest BCUT2D eigenvalue weighted by molar-refractivity contribution is 5.87. The van der Waals surface area contributed by atoms with Gasteiger partial charge in [0.15, 0.2) is 5.78 Å². The smallest absolute Gasteiger partial charge is 0.152 e. The molecule has 1 fully saturated rings. The lowest BCUT2D eigenvalue weighted by molar-refractivity contribution is -0.112. The van der Waals surface area contributed by atoms with Crippen molar-refractivity contribution in [1.82, 2.24) is 0 Å². The number of rotatable bonds is 5. The van der Waals surface area contributed by atoms with Crippen molar-refractivity contribution in [3.63, 3.8) is 0 Å². The van der Waals surface area contributed by atoms with Gasteiger partial charge in [-0.2, -0.15) is 0 Å². The summed E-state index contributed by atoms with van der Waals surface area (Å²) >= 11 is 0. The molecule has 0 amide bonds. The van der Waals surface area contributed by atoms with Crippen LogP contribution in [-0.4, -0.2) is 5.78 Å². The number of carbonyl (C=O) groups is 1. The van der Waals surface area contributed by atoms with Crippen molar-refractivity contribution < 1.29 is 4.79 Å². The van der Waals surface area contributed by atoms with Gasteiger partial charge in [-0.3, -0.25) is 4.79 Å². The minimum Gasteiger partial charge on any atom is -0.295 e. The minimum absolute atomic E-state index is 0.121. The summed E-state index contributed by atoms with van der Waals surface area (Å²) in [6, 6.07) is 0. The van der Waals surface area contributed by atoms with Crippen LogP contribution in [0.5, 0.6) is 0 Å². The molecule has 0 aliphatic heterocycles. The average Bonchev–Trinajstić information content (AvgIpc) is 2.28. The van der Waals surface area contributed by atoms with Gasteiger partial charge in [0.2, 0.25) is 0 Å². The van der Waals surface area contributed by atoms with E-state index in [9.17, 15) is 4.79 Å². The Morgan fingerprint density at radius 2 is 1.82 bits per heavy atom. The van der Waals surface area contributed by atoms with Gasteiger partial charge < -0.3 is 0 Å². The number of hydrogen-bond acceptors (Lipinski definition) is 1. The molecule has 1 rings (SSSR count). The first-order valence-electron chi connectivity index (χ1n) is 6.92. The fourth-order valence-corrected chi connectivity index (χ4v) is 2.48. The molecule has 0 aromatic carbocycles. The van der Waals surface area contributed by atoms with E-state index in [1.54, 1.807) is 13.0 Å². The molecule has 0 radical (unpaired) electrons. The van der Waals surface area contributed by atoms with Crippen molar-refractivity contribution in [2.75, 3.05) is 0 Å². The fraction of sp³-hybridized carbons (Fsp3) is 0.688. The molecular formula is C16H26O. The van der Waals surface area contributed by atoms with Crippen LogP contribution in [0.3, 0.4) is 0 Å². The van der Waals surface area contributed by atoms with E-state index in [1.165, 1.54) is 44.1 Å². The van der Waals surface area contributed by atoms with E-state index in [1.807, 2.05) is 6.08 Å². The van der Waals surface area contributed by atoms with Crippen molar-refractivity contribution in [2.24, 2.45) is 11.8 Å². The number of ketones is 1. The Kier molecular flexibility index (Phi) is 6.25. The number of hydrogen-bond donors (Lipinski definition) is 0. The Balaban J connectivity index is 2.23. The Bertz CT molecular complexity index is 291. The molecule has 1 aliphatic carbocycles. The van der Waals surface area contributed by atoms with Crippen LogP contribution in [0.15, 0.2) is 23.8 Å². The van der Waals surface area contributed by atoms with Gasteiger partial charge in [-0.05, 0) is 44.6 Å². The van der Waals surface area contributed by atoms with Crippen molar-refractivity contribution in [3.8, 4) is 0 Å². The third-order valence-corrected chi connectivity index (χ3v) is 3.79. The zero-order valence-corrected chi connectivity index (χ0v) is 11.5. The van der Waals surface area contributed by atoms with Gasteiger partial charge in [0.25, 0.3) is 0 Å². The largest absolute Gasteiger partial charge is 0.295 e. The lowest BCUT2D eigenvalue weighted by Gasteiger charge is -2.26. The second-order valence-corrected chi connectivity index (χ2v) is 5.65. The van der Waals surface area contributed by atoms with E-state index in [0.29, 0.717) is 0 Å². The van der Waals surface area contributed by atoms with Crippen LogP contribution in [0.2, 0.25) is 0 Å². The maximum atomic E-state index is 10.7. The Morgan fingerprint density at radius 3 is 2.41 bits per heavy atom.